The number of hydrazone groups is 1. The van der Waals surface area contributed by atoms with E-state index >= 15 is 0 Å². The van der Waals surface area contributed by atoms with Crippen molar-refractivity contribution < 1.29 is 9.53 Å². The second-order valence-corrected chi connectivity index (χ2v) is 7.73. The van der Waals surface area contributed by atoms with Gasteiger partial charge >= 0.3 is 0 Å². The van der Waals surface area contributed by atoms with Crippen molar-refractivity contribution in [3.8, 4) is 0 Å². The van der Waals surface area contributed by atoms with Crippen molar-refractivity contribution in [2.45, 2.75) is 44.8 Å². The predicted octanol–water partition coefficient (Wildman–Crippen LogP) is 4.92. The lowest BCUT2D eigenvalue weighted by Gasteiger charge is -2.33. The van der Waals surface area contributed by atoms with Crippen LogP contribution in [0.25, 0.3) is 10.9 Å². The minimum Gasteiger partial charge on any atom is -0.443 e. The van der Waals surface area contributed by atoms with Crippen LogP contribution in [0.15, 0.2) is 65.8 Å². The minimum absolute atomic E-state index is 0.147. The van der Waals surface area contributed by atoms with Crippen LogP contribution in [0.3, 0.4) is 0 Å². The van der Waals surface area contributed by atoms with Gasteiger partial charge in [-0.25, -0.2) is 0 Å². The summed E-state index contributed by atoms with van der Waals surface area (Å²) in [6, 6.07) is 20.0. The highest BCUT2D eigenvalue weighted by molar-refractivity contribution is 6.07. The van der Waals surface area contributed by atoms with Gasteiger partial charge in [-0.05, 0) is 25.0 Å². The molecule has 0 unspecified atom stereocenters. The molecule has 1 aliphatic heterocycles. The highest BCUT2D eigenvalue weighted by Crippen LogP contribution is 2.43. The lowest BCUT2D eigenvalue weighted by Crippen LogP contribution is -2.43. The fourth-order valence-electron chi connectivity index (χ4n) is 4.10. The Kier molecular flexibility index (Phi) is 4.12. The largest absolute Gasteiger partial charge is 0.443 e. The molecule has 3 aromatic rings. The maximum absolute atomic E-state index is 12.5. The van der Waals surface area contributed by atoms with Crippen LogP contribution >= 0.6 is 0 Å². The number of rotatable bonds is 4. The zero-order chi connectivity index (χ0) is 20.0. The molecule has 0 spiro atoms. The van der Waals surface area contributed by atoms with Gasteiger partial charge in [0.15, 0.2) is 0 Å². The number of benzene rings is 2. The van der Waals surface area contributed by atoms with E-state index in [9.17, 15) is 4.79 Å². The summed E-state index contributed by atoms with van der Waals surface area (Å²) in [6.07, 6.45) is 2.92. The van der Waals surface area contributed by atoms with Gasteiger partial charge in [-0.2, -0.15) is 5.01 Å². The zero-order valence-corrected chi connectivity index (χ0v) is 16.6. The molecule has 5 rings (SSSR count). The number of para-hydroxylation sites is 1. The van der Waals surface area contributed by atoms with Gasteiger partial charge in [-0.3, -0.25) is 9.78 Å². The summed E-state index contributed by atoms with van der Waals surface area (Å²) < 4.78 is 6.53. The first-order valence-corrected chi connectivity index (χ1v) is 10.2. The smallest absolute Gasteiger partial charge is 0.243 e. The van der Waals surface area contributed by atoms with Crippen LogP contribution < -0.4 is 0 Å². The molecule has 1 aliphatic carbocycles. The van der Waals surface area contributed by atoms with Crippen LogP contribution in [0.1, 0.15) is 55.8 Å². The Labute approximate surface area is 170 Å². The third-order valence-electron chi connectivity index (χ3n) is 5.76. The summed E-state index contributed by atoms with van der Waals surface area (Å²) in [5.74, 6) is 0.840. The maximum atomic E-state index is 12.5. The van der Waals surface area contributed by atoms with Crippen molar-refractivity contribution in [2.75, 3.05) is 0 Å². The highest BCUT2D eigenvalue weighted by Gasteiger charge is 2.48. The van der Waals surface area contributed by atoms with E-state index in [-0.39, 0.29) is 5.91 Å². The molecule has 5 nitrogen and oxygen atoms in total. The molecule has 0 N–H and O–H groups in total. The summed E-state index contributed by atoms with van der Waals surface area (Å²) in [5.41, 5.74) is 2.88. The molecule has 5 heteroatoms. The third-order valence-corrected chi connectivity index (χ3v) is 5.76. The highest BCUT2D eigenvalue weighted by atomic mass is 16.6. The number of carbonyl (C=O) groups excluding carboxylic acids is 1. The van der Waals surface area contributed by atoms with E-state index < -0.39 is 5.72 Å². The summed E-state index contributed by atoms with van der Waals surface area (Å²) >= 11 is 0. The molecule has 2 heterocycles. The number of amides is 1. The molecule has 1 amide bonds. The van der Waals surface area contributed by atoms with Gasteiger partial charge in [0.1, 0.15) is 0 Å². The zero-order valence-electron chi connectivity index (χ0n) is 16.6. The van der Waals surface area contributed by atoms with E-state index in [0.717, 1.165) is 27.7 Å². The van der Waals surface area contributed by atoms with Crippen LogP contribution in [0.5, 0.6) is 0 Å². The summed E-state index contributed by atoms with van der Waals surface area (Å²) in [5, 5.41) is 7.16. The van der Waals surface area contributed by atoms with Gasteiger partial charge in [0.05, 0.1) is 5.52 Å². The minimum atomic E-state index is -0.938. The molecule has 1 aromatic heterocycles. The van der Waals surface area contributed by atoms with Crippen molar-refractivity contribution in [2.24, 2.45) is 5.10 Å². The molecule has 0 saturated heterocycles. The van der Waals surface area contributed by atoms with Crippen molar-refractivity contribution in [1.29, 1.82) is 0 Å². The Bertz CT molecular complexity index is 1120. The number of hydrogen-bond acceptors (Lipinski definition) is 4. The van der Waals surface area contributed by atoms with Crippen molar-refractivity contribution in [3.05, 3.63) is 77.5 Å². The number of nitrogens with zero attached hydrogens (tertiary/aromatic N) is 3. The van der Waals surface area contributed by atoms with Crippen molar-refractivity contribution in [1.82, 2.24) is 9.99 Å². The molecular formula is C24H23N3O2. The first kappa shape index (κ1) is 17.9. The Morgan fingerprint density at radius 1 is 1.14 bits per heavy atom. The lowest BCUT2D eigenvalue weighted by atomic mass is 9.99. The van der Waals surface area contributed by atoms with Crippen molar-refractivity contribution >= 4 is 22.7 Å². The first-order chi connectivity index (χ1) is 14.1. The number of pyridine rings is 1. The number of carbonyl (C=O) groups is 1. The summed E-state index contributed by atoms with van der Waals surface area (Å²) in [6.45, 7) is 3.55. The van der Waals surface area contributed by atoms with Gasteiger partial charge in [0, 0.05) is 41.5 Å². The molecule has 29 heavy (non-hydrogen) atoms. The first-order valence-electron chi connectivity index (χ1n) is 10.2. The molecule has 0 radical (unpaired) electrons. The fraction of sp³-hybridized carbons (Fsp3) is 0.292. The molecule has 1 atom stereocenters. The van der Waals surface area contributed by atoms with Crippen LogP contribution in [-0.2, 0) is 15.3 Å². The Hall–Kier alpha value is -3.21. The molecular weight excluding hydrogens is 362 g/mol. The van der Waals surface area contributed by atoms with Crippen LogP contribution in [0.2, 0.25) is 0 Å². The molecule has 1 saturated carbocycles. The van der Waals surface area contributed by atoms with Crippen LogP contribution in [0, 0.1) is 0 Å². The van der Waals surface area contributed by atoms with E-state index in [1.165, 1.54) is 24.8 Å². The average molecular weight is 385 g/mol. The second-order valence-electron chi connectivity index (χ2n) is 7.73. The predicted molar refractivity (Wildman–Crippen MR) is 112 cm³/mol. The monoisotopic (exact) mass is 385 g/mol. The van der Waals surface area contributed by atoms with E-state index in [4.69, 9.17) is 9.72 Å². The van der Waals surface area contributed by atoms with E-state index in [1.54, 1.807) is 0 Å². The maximum Gasteiger partial charge on any atom is 0.243 e. The topological polar surface area (TPSA) is 54.8 Å². The third kappa shape index (κ3) is 2.89. The Balaban J connectivity index is 1.67. The Morgan fingerprint density at radius 2 is 1.86 bits per heavy atom. The summed E-state index contributed by atoms with van der Waals surface area (Å²) in [7, 11) is 0. The van der Waals surface area contributed by atoms with Gasteiger partial charge in [0.2, 0.25) is 17.5 Å². The number of aromatic nitrogens is 1. The summed E-state index contributed by atoms with van der Waals surface area (Å²) in [4.78, 5) is 17.4. The molecule has 2 aliphatic rings. The normalized spacial score (nSPS) is 21.2. The lowest BCUT2D eigenvalue weighted by molar-refractivity contribution is -0.149. The average Bonchev–Trinajstić information content (AvgIpc) is 3.53. The van der Waals surface area contributed by atoms with E-state index in [1.807, 2.05) is 61.5 Å². The van der Waals surface area contributed by atoms with Gasteiger partial charge in [0.25, 0.3) is 0 Å². The quantitative estimate of drug-likeness (QED) is 0.641. The standard InChI is InChI=1S/C24H23N3O2/c1-3-24(18-9-5-4-6-10-18)27(16(2)28)26-23(29-24)20-15-22(17-13-14-17)25-21-12-8-7-11-19(20)21/h4-12,15,17H,3,13-14H2,1-2H3/t24-/m1/s1. The number of hydrogen-bond donors (Lipinski definition) is 0. The SMILES string of the molecule is CC[C@]1(c2ccccc2)OC(c2cc(C3CC3)nc3ccccc23)=NN1C(C)=O. The van der Waals surface area contributed by atoms with Gasteiger partial charge in [-0.15, -0.1) is 5.10 Å². The molecule has 2 aromatic carbocycles. The van der Waals surface area contributed by atoms with Gasteiger partial charge in [-0.1, -0.05) is 55.5 Å². The fourth-order valence-corrected chi connectivity index (χ4v) is 4.10. The molecule has 146 valence electrons. The van der Waals surface area contributed by atoms with Crippen molar-refractivity contribution in [3.63, 3.8) is 0 Å². The number of ether oxygens (including phenoxy) is 1. The van der Waals surface area contributed by atoms with E-state index in [2.05, 4.69) is 11.2 Å². The number of fused-ring (bicyclic) bond motifs is 1. The van der Waals surface area contributed by atoms with Gasteiger partial charge < -0.3 is 4.74 Å². The second kappa shape index (κ2) is 6.69. The van der Waals surface area contributed by atoms with Crippen LogP contribution in [-0.4, -0.2) is 21.8 Å². The van der Waals surface area contributed by atoms with Crippen LogP contribution in [0.4, 0.5) is 0 Å². The molecule has 1 fully saturated rings. The van der Waals surface area contributed by atoms with E-state index in [0.29, 0.717) is 18.2 Å². The molecule has 0 bridgehead atoms. The Morgan fingerprint density at radius 3 is 2.55 bits per heavy atom.